The molecule has 0 saturated carbocycles. The Morgan fingerprint density at radius 3 is 2.43 bits per heavy atom. The van der Waals surface area contributed by atoms with Crippen LogP contribution in [0.25, 0.3) is 0 Å². The minimum atomic E-state index is -4.88. The van der Waals surface area contributed by atoms with Gasteiger partial charge in [0.25, 0.3) is 5.69 Å². The van der Waals surface area contributed by atoms with E-state index in [2.05, 4.69) is 10.0 Å². The highest BCUT2D eigenvalue weighted by Gasteiger charge is 2.38. The second-order valence-corrected chi connectivity index (χ2v) is 5.98. The van der Waals surface area contributed by atoms with Gasteiger partial charge in [-0.15, -0.1) is 0 Å². The molecule has 11 heteroatoms. The standard InChI is InChI=1S/C10H12F3N3O4S/c1-14-21(19,20)5-4-15-7-2-3-9(16(17)18)8(6-7)10(11,12)13/h2-3,6,14-15H,4-5H2,1H3. The topological polar surface area (TPSA) is 101 Å². The van der Waals surface area contributed by atoms with Gasteiger partial charge in [0, 0.05) is 18.3 Å². The fourth-order valence-electron chi connectivity index (χ4n) is 1.46. The number of nitrogens with one attached hydrogen (secondary N) is 2. The van der Waals surface area contributed by atoms with E-state index in [1.54, 1.807) is 0 Å². The van der Waals surface area contributed by atoms with Gasteiger partial charge < -0.3 is 5.32 Å². The van der Waals surface area contributed by atoms with E-state index in [1.807, 2.05) is 0 Å². The number of sulfonamides is 1. The van der Waals surface area contributed by atoms with Gasteiger partial charge >= 0.3 is 6.18 Å². The maximum absolute atomic E-state index is 12.7. The van der Waals surface area contributed by atoms with Crippen molar-refractivity contribution in [3.05, 3.63) is 33.9 Å². The number of hydrogen-bond acceptors (Lipinski definition) is 5. The van der Waals surface area contributed by atoms with Crippen LogP contribution in [0.3, 0.4) is 0 Å². The molecule has 0 aliphatic heterocycles. The van der Waals surface area contributed by atoms with Gasteiger partial charge in [0.15, 0.2) is 0 Å². The van der Waals surface area contributed by atoms with Crippen LogP contribution in [0.15, 0.2) is 18.2 Å². The quantitative estimate of drug-likeness (QED) is 0.610. The number of rotatable bonds is 6. The molecule has 0 atom stereocenters. The van der Waals surface area contributed by atoms with E-state index in [9.17, 15) is 31.7 Å². The third-order valence-electron chi connectivity index (χ3n) is 2.51. The summed E-state index contributed by atoms with van der Waals surface area (Å²) in [6, 6.07) is 2.38. The summed E-state index contributed by atoms with van der Waals surface area (Å²) in [5, 5.41) is 13.0. The molecule has 0 fully saturated rings. The molecule has 118 valence electrons. The van der Waals surface area contributed by atoms with Crippen molar-refractivity contribution >= 4 is 21.4 Å². The van der Waals surface area contributed by atoms with Crippen LogP contribution in [0.4, 0.5) is 24.5 Å². The van der Waals surface area contributed by atoms with Gasteiger partial charge in [0.2, 0.25) is 10.0 Å². The molecular weight excluding hydrogens is 315 g/mol. The highest BCUT2D eigenvalue weighted by molar-refractivity contribution is 7.89. The average Bonchev–Trinajstić information content (AvgIpc) is 2.37. The van der Waals surface area contributed by atoms with Crippen molar-refractivity contribution in [3.8, 4) is 0 Å². The van der Waals surface area contributed by atoms with Crippen molar-refractivity contribution in [2.75, 3.05) is 24.7 Å². The van der Waals surface area contributed by atoms with Gasteiger partial charge in [-0.05, 0) is 19.2 Å². The average molecular weight is 327 g/mol. The maximum atomic E-state index is 12.7. The first kappa shape index (κ1) is 17.2. The predicted octanol–water partition coefficient (Wildman–Crippen LogP) is 1.57. The molecule has 0 aliphatic carbocycles. The second-order valence-electron chi connectivity index (χ2n) is 3.94. The molecule has 0 aromatic heterocycles. The maximum Gasteiger partial charge on any atom is 0.423 e. The van der Waals surface area contributed by atoms with Gasteiger partial charge in [0.05, 0.1) is 10.7 Å². The van der Waals surface area contributed by atoms with Gasteiger partial charge in [-0.2, -0.15) is 13.2 Å². The van der Waals surface area contributed by atoms with Gasteiger partial charge in [-0.3, -0.25) is 10.1 Å². The number of alkyl halides is 3. The van der Waals surface area contributed by atoms with Crippen molar-refractivity contribution in [1.29, 1.82) is 0 Å². The van der Waals surface area contributed by atoms with Crippen molar-refractivity contribution in [2.45, 2.75) is 6.18 Å². The zero-order chi connectivity index (χ0) is 16.3. The van der Waals surface area contributed by atoms with Crippen LogP contribution in [0.2, 0.25) is 0 Å². The van der Waals surface area contributed by atoms with Crippen LogP contribution >= 0.6 is 0 Å². The molecule has 0 saturated heterocycles. The number of nitro groups is 1. The Balaban J connectivity index is 2.94. The lowest BCUT2D eigenvalue weighted by Gasteiger charge is -2.11. The van der Waals surface area contributed by atoms with E-state index < -0.39 is 32.4 Å². The molecule has 0 unspecified atom stereocenters. The highest BCUT2D eigenvalue weighted by Crippen LogP contribution is 2.37. The predicted molar refractivity (Wildman–Crippen MR) is 69.4 cm³/mol. The van der Waals surface area contributed by atoms with Crippen LogP contribution < -0.4 is 10.0 Å². The zero-order valence-electron chi connectivity index (χ0n) is 10.8. The Hall–Kier alpha value is -1.88. The number of anilines is 1. The number of hydrogen-bond donors (Lipinski definition) is 2. The molecule has 1 aromatic carbocycles. The Bertz CT molecular complexity index is 631. The van der Waals surface area contributed by atoms with E-state index in [0.717, 1.165) is 12.1 Å². The Morgan fingerprint density at radius 2 is 1.95 bits per heavy atom. The lowest BCUT2D eigenvalue weighted by molar-refractivity contribution is -0.388. The Labute approximate surface area is 118 Å². The molecule has 0 radical (unpaired) electrons. The van der Waals surface area contributed by atoms with Crippen molar-refractivity contribution in [2.24, 2.45) is 0 Å². The number of benzene rings is 1. The van der Waals surface area contributed by atoms with Gasteiger partial charge in [-0.25, -0.2) is 13.1 Å². The monoisotopic (exact) mass is 327 g/mol. The molecule has 0 bridgehead atoms. The van der Waals surface area contributed by atoms with E-state index in [4.69, 9.17) is 0 Å². The normalized spacial score (nSPS) is 12.2. The molecule has 0 spiro atoms. The Morgan fingerprint density at radius 1 is 1.33 bits per heavy atom. The molecule has 2 N–H and O–H groups in total. The largest absolute Gasteiger partial charge is 0.423 e. The van der Waals surface area contributed by atoms with Crippen LogP contribution in [-0.4, -0.2) is 32.7 Å². The SMILES string of the molecule is CNS(=O)(=O)CCNc1ccc([N+](=O)[O-])c(C(F)(F)F)c1. The molecule has 0 aliphatic rings. The lowest BCUT2D eigenvalue weighted by Crippen LogP contribution is -2.26. The van der Waals surface area contributed by atoms with Crippen LogP contribution in [0, 0.1) is 10.1 Å². The number of nitrogens with zero attached hydrogens (tertiary/aromatic N) is 1. The second kappa shape index (κ2) is 6.26. The summed E-state index contributed by atoms with van der Waals surface area (Å²) in [5.41, 5.74) is -2.51. The number of halogens is 3. The van der Waals surface area contributed by atoms with E-state index in [0.29, 0.717) is 6.07 Å². The molecule has 1 rings (SSSR count). The highest BCUT2D eigenvalue weighted by atomic mass is 32.2. The minimum absolute atomic E-state index is 0.0563. The summed E-state index contributed by atoms with van der Waals surface area (Å²) in [5.74, 6) is -0.345. The Kier molecular flexibility index (Phi) is 5.12. The van der Waals surface area contributed by atoms with Crippen LogP contribution in [0.1, 0.15) is 5.56 Å². The summed E-state index contributed by atoms with van der Waals surface area (Å²) in [4.78, 5) is 9.43. The summed E-state index contributed by atoms with van der Waals surface area (Å²) >= 11 is 0. The summed E-state index contributed by atoms with van der Waals surface area (Å²) in [7, 11) is -2.28. The zero-order valence-corrected chi connectivity index (χ0v) is 11.6. The fraction of sp³-hybridized carbons (Fsp3) is 0.400. The minimum Gasteiger partial charge on any atom is -0.384 e. The summed E-state index contributed by atoms with van der Waals surface area (Å²) in [6.07, 6.45) is -4.88. The smallest absolute Gasteiger partial charge is 0.384 e. The first-order valence-corrected chi connectivity index (χ1v) is 7.23. The molecule has 21 heavy (non-hydrogen) atoms. The first-order valence-electron chi connectivity index (χ1n) is 5.57. The van der Waals surface area contributed by atoms with Gasteiger partial charge in [-0.1, -0.05) is 0 Å². The van der Waals surface area contributed by atoms with E-state index in [1.165, 1.54) is 7.05 Å². The fourth-order valence-corrected chi connectivity index (χ4v) is 2.04. The van der Waals surface area contributed by atoms with E-state index >= 15 is 0 Å². The van der Waals surface area contributed by atoms with Crippen molar-refractivity contribution in [1.82, 2.24) is 4.72 Å². The van der Waals surface area contributed by atoms with Crippen LogP contribution in [0.5, 0.6) is 0 Å². The van der Waals surface area contributed by atoms with Gasteiger partial charge in [0.1, 0.15) is 5.56 Å². The van der Waals surface area contributed by atoms with Crippen LogP contribution in [-0.2, 0) is 16.2 Å². The molecule has 1 aromatic rings. The molecule has 7 nitrogen and oxygen atoms in total. The third-order valence-corrected chi connectivity index (χ3v) is 3.87. The summed E-state index contributed by atoms with van der Waals surface area (Å²) < 4.78 is 62.5. The number of nitro benzene ring substituents is 1. The third kappa shape index (κ3) is 4.86. The molecule has 0 heterocycles. The van der Waals surface area contributed by atoms with Crippen molar-refractivity contribution in [3.63, 3.8) is 0 Å². The molecule has 0 amide bonds. The van der Waals surface area contributed by atoms with E-state index in [-0.39, 0.29) is 18.0 Å². The molecular formula is C10H12F3N3O4S. The lowest BCUT2D eigenvalue weighted by atomic mass is 10.1. The summed E-state index contributed by atoms with van der Waals surface area (Å²) in [6.45, 7) is -0.141. The first-order chi connectivity index (χ1) is 9.57. The van der Waals surface area contributed by atoms with Crippen molar-refractivity contribution < 1.29 is 26.5 Å².